The Hall–Kier alpha value is -1.61. The molecule has 84 valence electrons. The van der Waals surface area contributed by atoms with Crippen molar-refractivity contribution in [1.29, 1.82) is 0 Å². The molecule has 15 heavy (non-hydrogen) atoms. The van der Waals surface area contributed by atoms with Gasteiger partial charge in [-0.3, -0.25) is 5.43 Å². The summed E-state index contributed by atoms with van der Waals surface area (Å²) in [5.41, 5.74) is 0.640. The summed E-state index contributed by atoms with van der Waals surface area (Å²) in [6, 6.07) is 0. The second-order valence-electron chi connectivity index (χ2n) is 2.26. The molecule has 1 rings (SSSR count). The van der Waals surface area contributed by atoms with Gasteiger partial charge in [-0.2, -0.15) is 15.1 Å². The molecule has 0 bridgehead atoms. The van der Waals surface area contributed by atoms with Crippen LogP contribution in [0.5, 0.6) is 0 Å². The minimum atomic E-state index is -4.98. The molecule has 0 aromatic carbocycles. The molecule has 0 radical (unpaired) electrons. The number of amidine groups is 1. The summed E-state index contributed by atoms with van der Waals surface area (Å²) < 4.78 is 70.2. The maximum atomic E-state index is 11.7. The third-order valence-electron chi connectivity index (χ3n) is 1.09. The van der Waals surface area contributed by atoms with E-state index in [1.165, 1.54) is 0 Å². The molecule has 0 saturated heterocycles. The lowest BCUT2D eigenvalue weighted by Gasteiger charge is -2.03. The van der Waals surface area contributed by atoms with Gasteiger partial charge in [-0.15, -0.1) is 26.3 Å². The van der Waals surface area contributed by atoms with Gasteiger partial charge in [-0.25, -0.2) is 0 Å². The van der Waals surface area contributed by atoms with Crippen molar-refractivity contribution >= 4 is 17.8 Å². The highest BCUT2D eigenvalue weighted by Gasteiger charge is 2.33. The minimum Gasteiger partial charge on any atom is -0.259 e. The van der Waals surface area contributed by atoms with E-state index < -0.39 is 24.1 Å². The maximum Gasteiger partial charge on any atom is 0.505 e. The molecule has 0 unspecified atom stereocenters. The Balaban J connectivity index is 2.96. The first-order valence-corrected chi connectivity index (χ1v) is 3.30. The van der Waals surface area contributed by atoms with E-state index in [2.05, 4.69) is 5.10 Å². The van der Waals surface area contributed by atoms with Crippen molar-refractivity contribution in [2.75, 3.05) is 0 Å². The normalized spacial score (nSPS) is 22.5. The van der Waals surface area contributed by atoms with E-state index in [0.717, 1.165) is 0 Å². The second-order valence-corrected chi connectivity index (χ2v) is 2.26. The SMILES string of the molecule is FC(F)(F)N=C1C=NNC1=NC(F)(F)F. The van der Waals surface area contributed by atoms with Gasteiger partial charge in [0.05, 0.1) is 6.21 Å². The zero-order valence-electron chi connectivity index (χ0n) is 6.69. The first kappa shape index (κ1) is 11.5. The molecule has 0 aliphatic carbocycles. The lowest BCUT2D eigenvalue weighted by Crippen LogP contribution is -2.26. The number of hydrogen-bond donors (Lipinski definition) is 1. The Morgan fingerprint density at radius 1 is 1.00 bits per heavy atom. The van der Waals surface area contributed by atoms with Crippen LogP contribution in [0.15, 0.2) is 15.1 Å². The molecule has 0 spiro atoms. The average Bonchev–Trinajstić information content (AvgIpc) is 2.29. The van der Waals surface area contributed by atoms with E-state index in [0.29, 0.717) is 6.21 Å². The lowest BCUT2D eigenvalue weighted by molar-refractivity contribution is -0.121. The summed E-state index contributed by atoms with van der Waals surface area (Å²) in [7, 11) is 0. The largest absolute Gasteiger partial charge is 0.505 e. The Morgan fingerprint density at radius 2 is 1.53 bits per heavy atom. The van der Waals surface area contributed by atoms with Crippen LogP contribution >= 0.6 is 0 Å². The third kappa shape index (κ3) is 3.95. The third-order valence-corrected chi connectivity index (χ3v) is 1.09. The Bertz CT molecular complexity index is 334. The van der Waals surface area contributed by atoms with Crippen molar-refractivity contribution in [2.45, 2.75) is 12.6 Å². The summed E-state index contributed by atoms with van der Waals surface area (Å²) in [4.78, 5) is 4.07. The molecule has 1 N–H and O–H groups in total. The van der Waals surface area contributed by atoms with Gasteiger partial charge in [0.2, 0.25) is 0 Å². The van der Waals surface area contributed by atoms with Crippen LogP contribution in [0.1, 0.15) is 0 Å². The standard InChI is InChI=1S/C5H2F6N4/c6-4(7,8)13-2-1-12-15-3(2)14-5(9,10)11/h1H,(H,13,14,15). The van der Waals surface area contributed by atoms with Gasteiger partial charge in [-0.1, -0.05) is 0 Å². The number of hydrazone groups is 1. The van der Waals surface area contributed by atoms with Gasteiger partial charge in [-0.05, 0) is 0 Å². The highest BCUT2D eigenvalue weighted by atomic mass is 19.4. The van der Waals surface area contributed by atoms with E-state index in [-0.39, 0.29) is 0 Å². The van der Waals surface area contributed by atoms with Crippen LogP contribution < -0.4 is 5.43 Å². The highest BCUT2D eigenvalue weighted by Crippen LogP contribution is 2.19. The van der Waals surface area contributed by atoms with Crippen LogP contribution in [0.2, 0.25) is 0 Å². The van der Waals surface area contributed by atoms with Gasteiger partial charge in [0.25, 0.3) is 0 Å². The van der Waals surface area contributed by atoms with Crippen molar-refractivity contribution < 1.29 is 26.3 Å². The molecule has 1 aliphatic rings. The molecule has 0 atom stereocenters. The molecule has 0 amide bonds. The Morgan fingerprint density at radius 3 is 2.00 bits per heavy atom. The fourth-order valence-corrected chi connectivity index (χ4v) is 0.700. The number of aliphatic imine (C=N–C) groups is 2. The highest BCUT2D eigenvalue weighted by molar-refractivity contribution is 6.64. The van der Waals surface area contributed by atoms with Crippen LogP contribution in [0.4, 0.5) is 26.3 Å². The van der Waals surface area contributed by atoms with Gasteiger partial charge in [0.1, 0.15) is 5.71 Å². The summed E-state index contributed by atoms with van der Waals surface area (Å²) in [5.74, 6) is -1.08. The molecule has 0 fully saturated rings. The summed E-state index contributed by atoms with van der Waals surface area (Å²) in [6.45, 7) is 0. The Kier molecular flexibility index (Phi) is 2.69. The van der Waals surface area contributed by atoms with E-state index in [9.17, 15) is 26.3 Å². The van der Waals surface area contributed by atoms with E-state index in [1.807, 2.05) is 9.98 Å². The predicted octanol–water partition coefficient (Wildman–Crippen LogP) is 1.45. The van der Waals surface area contributed by atoms with Gasteiger partial charge in [0, 0.05) is 0 Å². The van der Waals surface area contributed by atoms with Gasteiger partial charge in [0.15, 0.2) is 5.84 Å². The van der Waals surface area contributed by atoms with Crippen molar-refractivity contribution in [3.8, 4) is 0 Å². The summed E-state index contributed by atoms with van der Waals surface area (Å²) >= 11 is 0. The fraction of sp³-hybridized carbons (Fsp3) is 0.400. The second kappa shape index (κ2) is 3.51. The zero-order valence-corrected chi connectivity index (χ0v) is 6.69. The van der Waals surface area contributed by atoms with Crippen molar-refractivity contribution in [3.05, 3.63) is 0 Å². The molecule has 1 heterocycles. The van der Waals surface area contributed by atoms with E-state index >= 15 is 0 Å². The van der Waals surface area contributed by atoms with Gasteiger partial charge >= 0.3 is 12.6 Å². The topological polar surface area (TPSA) is 49.1 Å². The first-order chi connectivity index (χ1) is 6.67. The molecule has 10 heteroatoms. The molecule has 0 saturated carbocycles. The van der Waals surface area contributed by atoms with Crippen LogP contribution in [-0.4, -0.2) is 30.4 Å². The van der Waals surface area contributed by atoms with Gasteiger partial charge < -0.3 is 0 Å². The summed E-state index contributed by atoms with van der Waals surface area (Å²) in [5, 5.41) is 2.98. The number of nitrogens with one attached hydrogen (secondary N) is 1. The Labute approximate surface area is 78.4 Å². The van der Waals surface area contributed by atoms with Crippen LogP contribution in [0.25, 0.3) is 0 Å². The summed E-state index contributed by atoms with van der Waals surface area (Å²) in [6.07, 6.45) is -9.46. The number of rotatable bonds is 0. The molecule has 0 aromatic rings. The van der Waals surface area contributed by atoms with Crippen LogP contribution in [0.3, 0.4) is 0 Å². The fourth-order valence-electron chi connectivity index (χ4n) is 0.700. The lowest BCUT2D eigenvalue weighted by atomic mass is 10.4. The number of halogens is 6. The predicted molar refractivity (Wildman–Crippen MR) is 38.6 cm³/mol. The first-order valence-electron chi connectivity index (χ1n) is 3.30. The molecule has 1 aliphatic heterocycles. The zero-order chi connectivity index (χ0) is 11.7. The van der Waals surface area contributed by atoms with Crippen LogP contribution in [-0.2, 0) is 0 Å². The molecular weight excluding hydrogens is 230 g/mol. The van der Waals surface area contributed by atoms with Crippen LogP contribution in [0, 0.1) is 0 Å². The number of alkyl halides is 6. The number of nitrogens with zero attached hydrogens (tertiary/aromatic N) is 3. The molecule has 4 nitrogen and oxygen atoms in total. The monoisotopic (exact) mass is 232 g/mol. The maximum absolute atomic E-state index is 11.7. The average molecular weight is 232 g/mol. The van der Waals surface area contributed by atoms with E-state index in [4.69, 9.17) is 0 Å². The minimum absolute atomic E-state index is 0.498. The molecular formula is C5H2F6N4. The number of hydrogen-bond acceptors (Lipinski definition) is 3. The van der Waals surface area contributed by atoms with Crippen molar-refractivity contribution in [1.82, 2.24) is 5.43 Å². The van der Waals surface area contributed by atoms with E-state index in [1.54, 1.807) is 5.43 Å². The quantitative estimate of drug-likeness (QED) is 0.498. The smallest absolute Gasteiger partial charge is 0.259 e. The van der Waals surface area contributed by atoms with Crippen molar-refractivity contribution in [2.24, 2.45) is 15.1 Å². The van der Waals surface area contributed by atoms with Crippen molar-refractivity contribution in [3.63, 3.8) is 0 Å². The molecule has 0 aromatic heterocycles.